The van der Waals surface area contributed by atoms with Crippen LogP contribution in [0.4, 0.5) is 30.8 Å². The number of aliphatic hydroxyl groups excluding tert-OH is 1. The second-order valence-corrected chi connectivity index (χ2v) is 7.81. The number of nitrogens with zero attached hydrogens (tertiary/aromatic N) is 4. The van der Waals surface area contributed by atoms with E-state index in [9.17, 15) is 18.3 Å². The lowest BCUT2D eigenvalue weighted by molar-refractivity contribution is 0.126. The van der Waals surface area contributed by atoms with Crippen LogP contribution in [0.25, 0.3) is 11.2 Å². The SMILES string of the molecule is [2H]C1([2H])CC(n2c(Nc3c(F)cc(F)cc3F)nc3cnc(NC4CCC(O)CC4)nc32)C([2H])([2H])O1. The molecule has 1 aliphatic carbocycles. The first kappa shape index (κ1) is 16.7. The minimum atomic E-state index is -2.52. The second-order valence-electron chi connectivity index (χ2n) is 7.81. The Morgan fingerprint density at radius 3 is 2.53 bits per heavy atom. The molecule has 1 aliphatic heterocycles. The van der Waals surface area contributed by atoms with Crippen LogP contribution in [0.15, 0.2) is 18.3 Å². The summed E-state index contributed by atoms with van der Waals surface area (Å²) < 4.78 is 80.7. The average molecular weight is 452 g/mol. The van der Waals surface area contributed by atoms with Crippen molar-refractivity contribution in [1.29, 1.82) is 0 Å². The number of nitrogens with one attached hydrogen (secondary N) is 2. The highest BCUT2D eigenvalue weighted by molar-refractivity contribution is 5.76. The van der Waals surface area contributed by atoms with Crippen LogP contribution < -0.4 is 10.6 Å². The van der Waals surface area contributed by atoms with Crippen LogP contribution in [-0.4, -0.2) is 49.9 Å². The third-order valence-electron chi connectivity index (χ3n) is 5.56. The fraction of sp³-hybridized carbons (Fsp3) is 0.476. The zero-order valence-corrected chi connectivity index (χ0v) is 16.8. The van der Waals surface area contributed by atoms with Crippen LogP contribution in [0.5, 0.6) is 0 Å². The first-order chi connectivity index (χ1) is 16.9. The van der Waals surface area contributed by atoms with Crippen LogP contribution in [0.3, 0.4) is 0 Å². The molecule has 1 saturated heterocycles. The number of anilines is 3. The van der Waals surface area contributed by atoms with Crippen LogP contribution in [0.2, 0.25) is 0 Å². The van der Waals surface area contributed by atoms with Crippen molar-refractivity contribution in [1.82, 2.24) is 19.5 Å². The molecule has 1 aromatic carbocycles. The number of imidazole rings is 1. The third-order valence-corrected chi connectivity index (χ3v) is 5.56. The van der Waals surface area contributed by atoms with E-state index in [0.29, 0.717) is 37.8 Å². The summed E-state index contributed by atoms with van der Waals surface area (Å²) in [5.74, 6) is -3.65. The first-order valence-corrected chi connectivity index (χ1v) is 10.2. The second kappa shape index (κ2) is 8.55. The summed E-state index contributed by atoms with van der Waals surface area (Å²) in [6.07, 6.45) is 3.18. The molecular weight excluding hydrogens is 425 g/mol. The molecule has 1 saturated carbocycles. The Bertz CT molecular complexity index is 1280. The lowest BCUT2D eigenvalue weighted by atomic mass is 9.93. The number of benzene rings is 1. The van der Waals surface area contributed by atoms with Crippen LogP contribution in [0, 0.1) is 17.5 Å². The van der Waals surface area contributed by atoms with Crippen molar-refractivity contribution in [2.45, 2.75) is 50.3 Å². The van der Waals surface area contributed by atoms with Gasteiger partial charge in [0.25, 0.3) is 0 Å². The van der Waals surface area contributed by atoms with E-state index in [1.165, 1.54) is 10.8 Å². The van der Waals surface area contributed by atoms with E-state index in [1.54, 1.807) is 0 Å². The standard InChI is InChI=1S/C21H23F3N6O2/c22-11-7-15(23)18(16(24)8-11)28-21-27-17-9-25-20(26-12-1-3-14(31)4-2-12)29-19(17)30(21)13-5-6-32-10-13/h7-9,12-14,31H,1-6,10H2,(H,27,28)(H,25,26,29)/i6D2,10D2. The number of hydrogen-bond donors (Lipinski definition) is 3. The molecule has 170 valence electrons. The van der Waals surface area contributed by atoms with Crippen molar-refractivity contribution >= 4 is 28.7 Å². The summed E-state index contributed by atoms with van der Waals surface area (Å²) in [7, 11) is 0. The van der Waals surface area contributed by atoms with Gasteiger partial charge in [-0.15, -0.1) is 0 Å². The molecular formula is C21H23F3N6O2. The maximum Gasteiger partial charge on any atom is 0.224 e. The fourth-order valence-corrected chi connectivity index (χ4v) is 3.94. The Morgan fingerprint density at radius 2 is 1.84 bits per heavy atom. The highest BCUT2D eigenvalue weighted by atomic mass is 19.1. The van der Waals surface area contributed by atoms with E-state index < -0.39 is 48.7 Å². The molecule has 8 nitrogen and oxygen atoms in total. The van der Waals surface area contributed by atoms with Crippen LogP contribution in [0.1, 0.15) is 43.6 Å². The van der Waals surface area contributed by atoms with Gasteiger partial charge in [-0.25, -0.2) is 23.1 Å². The van der Waals surface area contributed by atoms with Gasteiger partial charge in [0.05, 0.1) is 30.4 Å². The van der Waals surface area contributed by atoms with Gasteiger partial charge in [0.1, 0.15) is 17.0 Å². The number of halogens is 3. The van der Waals surface area contributed by atoms with Gasteiger partial charge in [-0.2, -0.15) is 4.98 Å². The summed E-state index contributed by atoms with van der Waals surface area (Å²) in [5.41, 5.74) is -0.500. The van der Waals surface area contributed by atoms with E-state index in [0.717, 1.165) is 0 Å². The molecule has 11 heteroatoms. The number of rotatable bonds is 5. The number of fused-ring (bicyclic) bond motifs is 1. The zero-order chi connectivity index (χ0) is 25.8. The van der Waals surface area contributed by atoms with E-state index in [-0.39, 0.29) is 35.2 Å². The number of ether oxygens (including phenoxy) is 1. The van der Waals surface area contributed by atoms with E-state index >= 15 is 0 Å². The van der Waals surface area contributed by atoms with E-state index in [4.69, 9.17) is 10.2 Å². The van der Waals surface area contributed by atoms with Crippen molar-refractivity contribution in [3.05, 3.63) is 35.8 Å². The fourth-order valence-electron chi connectivity index (χ4n) is 3.94. The highest BCUT2D eigenvalue weighted by Crippen LogP contribution is 2.32. The Kier molecular flexibility index (Phi) is 4.45. The maximum atomic E-state index is 14.4. The minimum absolute atomic E-state index is 0.00221. The summed E-state index contributed by atoms with van der Waals surface area (Å²) in [5, 5.41) is 15.4. The topological polar surface area (TPSA) is 97.1 Å². The lowest BCUT2D eigenvalue weighted by Crippen LogP contribution is -2.29. The normalized spacial score (nSPS) is 28.6. The first-order valence-electron chi connectivity index (χ1n) is 12.2. The van der Waals surface area contributed by atoms with Crippen LogP contribution in [-0.2, 0) is 4.74 Å². The molecule has 1 unspecified atom stereocenters. The van der Waals surface area contributed by atoms with Gasteiger partial charge in [-0.3, -0.25) is 4.57 Å². The molecule has 0 spiro atoms. The van der Waals surface area contributed by atoms with Gasteiger partial charge in [-0.05, 0) is 32.1 Å². The lowest BCUT2D eigenvalue weighted by Gasteiger charge is -2.26. The average Bonchev–Trinajstić information content (AvgIpc) is 3.23. The van der Waals surface area contributed by atoms with E-state index in [1.807, 2.05) is 0 Å². The van der Waals surface area contributed by atoms with Crippen LogP contribution >= 0.6 is 0 Å². The van der Waals surface area contributed by atoms with Gasteiger partial charge < -0.3 is 20.5 Å². The zero-order valence-electron chi connectivity index (χ0n) is 20.8. The van der Waals surface area contributed by atoms with Crippen molar-refractivity contribution in [2.75, 3.05) is 23.8 Å². The van der Waals surface area contributed by atoms with Crippen molar-refractivity contribution in [3.8, 4) is 0 Å². The Morgan fingerprint density at radius 1 is 1.09 bits per heavy atom. The van der Waals surface area contributed by atoms with Gasteiger partial charge >= 0.3 is 0 Å². The molecule has 3 aromatic rings. The molecule has 1 atom stereocenters. The van der Waals surface area contributed by atoms with Crippen molar-refractivity contribution in [2.24, 2.45) is 0 Å². The summed E-state index contributed by atoms with van der Waals surface area (Å²) in [4.78, 5) is 12.9. The molecule has 0 amide bonds. The number of aliphatic hydroxyl groups is 1. The molecule has 2 aliphatic rings. The maximum absolute atomic E-state index is 14.4. The molecule has 0 bridgehead atoms. The number of aromatic nitrogens is 4. The van der Waals surface area contributed by atoms with Crippen molar-refractivity contribution < 1.29 is 28.5 Å². The highest BCUT2D eigenvalue weighted by Gasteiger charge is 2.27. The molecule has 5 rings (SSSR count). The predicted octanol–water partition coefficient (Wildman–Crippen LogP) is 3.66. The van der Waals surface area contributed by atoms with Crippen molar-refractivity contribution in [3.63, 3.8) is 0 Å². The third kappa shape index (κ3) is 4.09. The molecule has 0 radical (unpaired) electrons. The van der Waals surface area contributed by atoms with Gasteiger partial charge in [0.2, 0.25) is 11.9 Å². The molecule has 3 N–H and O–H groups in total. The Labute approximate surface area is 187 Å². The molecule has 2 fully saturated rings. The minimum Gasteiger partial charge on any atom is -0.393 e. The number of hydrogen-bond acceptors (Lipinski definition) is 7. The molecule has 32 heavy (non-hydrogen) atoms. The Balaban J connectivity index is 1.59. The van der Waals surface area contributed by atoms with Gasteiger partial charge in [0.15, 0.2) is 17.3 Å². The quantitative estimate of drug-likeness (QED) is 0.544. The van der Waals surface area contributed by atoms with Gasteiger partial charge in [0, 0.05) is 24.7 Å². The Hall–Kier alpha value is -2.92. The smallest absolute Gasteiger partial charge is 0.224 e. The monoisotopic (exact) mass is 452 g/mol. The molecule has 2 aromatic heterocycles. The molecule has 3 heterocycles. The van der Waals surface area contributed by atoms with Gasteiger partial charge in [-0.1, -0.05) is 0 Å². The predicted molar refractivity (Wildman–Crippen MR) is 111 cm³/mol. The largest absolute Gasteiger partial charge is 0.393 e. The summed E-state index contributed by atoms with van der Waals surface area (Å²) >= 11 is 0. The van der Waals surface area contributed by atoms with E-state index in [2.05, 4.69) is 25.6 Å². The summed E-state index contributed by atoms with van der Waals surface area (Å²) in [6, 6.07) is -0.354. The summed E-state index contributed by atoms with van der Waals surface area (Å²) in [6.45, 7) is -4.85.